The van der Waals surface area contributed by atoms with E-state index in [2.05, 4.69) is 26.6 Å². The van der Waals surface area contributed by atoms with Crippen molar-refractivity contribution in [1.29, 1.82) is 0 Å². The van der Waals surface area contributed by atoms with Gasteiger partial charge in [0.2, 0.25) is 17.7 Å². The van der Waals surface area contributed by atoms with Crippen LogP contribution >= 0.6 is 34.8 Å². The van der Waals surface area contributed by atoms with Crippen LogP contribution in [0.3, 0.4) is 0 Å². The van der Waals surface area contributed by atoms with Crippen molar-refractivity contribution in [2.75, 3.05) is 10.6 Å². The molecule has 31 heavy (non-hydrogen) atoms. The number of rotatable bonds is 4. The first kappa shape index (κ1) is 21.7. The first-order valence-electron chi connectivity index (χ1n) is 9.43. The predicted octanol–water partition coefficient (Wildman–Crippen LogP) is 2.78. The number of nitrogens with one attached hydrogen (secondary N) is 5. The Labute approximate surface area is 193 Å². The van der Waals surface area contributed by atoms with Crippen molar-refractivity contribution in [3.8, 4) is 0 Å². The molecule has 0 bridgehead atoms. The van der Waals surface area contributed by atoms with E-state index in [0.29, 0.717) is 26.4 Å². The van der Waals surface area contributed by atoms with Gasteiger partial charge in [0.1, 0.15) is 0 Å². The summed E-state index contributed by atoms with van der Waals surface area (Å²) in [5.74, 6) is -2.75. The molecule has 2 aliphatic heterocycles. The third kappa shape index (κ3) is 5.04. The van der Waals surface area contributed by atoms with Gasteiger partial charge in [-0.15, -0.1) is 0 Å². The maximum atomic E-state index is 12.9. The van der Waals surface area contributed by atoms with Gasteiger partial charge in [-0.05, 0) is 42.5 Å². The highest BCUT2D eigenvalue weighted by Crippen LogP contribution is 2.29. The molecule has 162 valence electrons. The number of hydrogen-bond donors (Lipinski definition) is 5. The van der Waals surface area contributed by atoms with E-state index in [1.165, 1.54) is 0 Å². The fraction of sp³-hybridized carbons (Fsp3) is 0.250. The molecule has 5 N–H and O–H groups in total. The van der Waals surface area contributed by atoms with Crippen LogP contribution in [0, 0.1) is 11.8 Å². The first-order valence-corrected chi connectivity index (χ1v) is 10.6. The third-order valence-corrected chi connectivity index (χ3v) is 5.76. The molecule has 0 saturated carbocycles. The number of benzene rings is 2. The summed E-state index contributed by atoms with van der Waals surface area (Å²) in [5.41, 5.74) is 1.10. The Morgan fingerprint density at radius 1 is 0.903 bits per heavy atom. The van der Waals surface area contributed by atoms with Gasteiger partial charge in [0, 0.05) is 32.9 Å². The van der Waals surface area contributed by atoms with Crippen molar-refractivity contribution in [3.63, 3.8) is 0 Å². The minimum absolute atomic E-state index is 0.0995. The highest BCUT2D eigenvalue weighted by Gasteiger charge is 2.48. The molecular weight excluding hydrogens is 465 g/mol. The number of carbonyl (C=O) groups excluding carboxylic acids is 3. The molecule has 2 saturated heterocycles. The molecule has 0 radical (unpaired) electrons. The topological polar surface area (TPSA) is 111 Å². The molecule has 0 spiro atoms. The Morgan fingerprint density at radius 3 is 2.26 bits per heavy atom. The summed E-state index contributed by atoms with van der Waals surface area (Å²) in [4.78, 5) is 38.0. The summed E-state index contributed by atoms with van der Waals surface area (Å²) < 4.78 is 0. The molecule has 2 fully saturated rings. The molecule has 2 aromatic rings. The highest BCUT2D eigenvalue weighted by molar-refractivity contribution is 6.35. The summed E-state index contributed by atoms with van der Waals surface area (Å²) in [6.07, 6.45) is -1.54. The monoisotopic (exact) mass is 481 g/mol. The van der Waals surface area contributed by atoms with E-state index < -0.39 is 30.2 Å². The molecule has 0 aromatic heterocycles. The number of anilines is 2. The Hall–Kier alpha value is -2.52. The van der Waals surface area contributed by atoms with Gasteiger partial charge in [-0.25, -0.2) is 0 Å². The molecule has 4 atom stereocenters. The van der Waals surface area contributed by atoms with Gasteiger partial charge in [-0.3, -0.25) is 19.7 Å². The second-order valence-corrected chi connectivity index (χ2v) is 8.60. The molecule has 2 aromatic carbocycles. The van der Waals surface area contributed by atoms with Crippen LogP contribution in [-0.4, -0.2) is 30.2 Å². The van der Waals surface area contributed by atoms with Crippen molar-refractivity contribution >= 4 is 63.9 Å². The Bertz CT molecular complexity index is 1010. The number of halogens is 3. The summed E-state index contributed by atoms with van der Waals surface area (Å²) in [6.45, 7) is 0. The standard InChI is InChI=1S/C20H18Cl3N5O3/c21-9-1-3-12(4-2-9)24-18(30)14-8-15(29)26-17-16(14)19(31)28-20(27-17)25-13-6-10(22)5-11(23)7-13/h1-7,14,16-17,20,25,27H,8H2,(H,24,30)(H,26,29)(H,28,31). The lowest BCUT2D eigenvalue weighted by molar-refractivity contribution is -0.144. The molecule has 8 nitrogen and oxygen atoms in total. The van der Waals surface area contributed by atoms with Gasteiger partial charge in [-0.2, -0.15) is 0 Å². The normalized spacial score (nSPS) is 25.1. The van der Waals surface area contributed by atoms with Gasteiger partial charge >= 0.3 is 0 Å². The van der Waals surface area contributed by atoms with Crippen LogP contribution in [0.4, 0.5) is 11.4 Å². The Balaban J connectivity index is 1.48. The van der Waals surface area contributed by atoms with Crippen molar-refractivity contribution in [1.82, 2.24) is 16.0 Å². The summed E-state index contributed by atoms with van der Waals surface area (Å²) >= 11 is 17.9. The van der Waals surface area contributed by atoms with E-state index in [9.17, 15) is 14.4 Å². The first-order chi connectivity index (χ1) is 14.8. The van der Waals surface area contributed by atoms with Gasteiger partial charge in [0.25, 0.3) is 0 Å². The van der Waals surface area contributed by atoms with Gasteiger partial charge in [-0.1, -0.05) is 34.8 Å². The zero-order chi connectivity index (χ0) is 22.1. The fourth-order valence-electron chi connectivity index (χ4n) is 3.73. The summed E-state index contributed by atoms with van der Waals surface area (Å²) in [6, 6.07) is 11.5. The number of hydrogen-bond acceptors (Lipinski definition) is 5. The molecule has 0 aliphatic carbocycles. The van der Waals surface area contributed by atoms with Gasteiger partial charge < -0.3 is 21.3 Å². The maximum Gasteiger partial charge on any atom is 0.229 e. The van der Waals surface area contributed by atoms with Crippen LogP contribution in [0.5, 0.6) is 0 Å². The second-order valence-electron chi connectivity index (χ2n) is 7.29. The van der Waals surface area contributed by atoms with Crippen LogP contribution in [0.15, 0.2) is 42.5 Å². The van der Waals surface area contributed by atoms with Crippen LogP contribution < -0.4 is 26.6 Å². The van der Waals surface area contributed by atoms with E-state index in [4.69, 9.17) is 34.8 Å². The van der Waals surface area contributed by atoms with E-state index in [0.717, 1.165) is 0 Å². The van der Waals surface area contributed by atoms with Gasteiger partial charge in [0.05, 0.1) is 18.0 Å². The smallest absolute Gasteiger partial charge is 0.229 e. The van der Waals surface area contributed by atoms with Crippen molar-refractivity contribution in [2.45, 2.75) is 18.9 Å². The zero-order valence-corrected chi connectivity index (χ0v) is 18.2. The van der Waals surface area contributed by atoms with Crippen LogP contribution in [0.25, 0.3) is 0 Å². The SMILES string of the molecule is O=C1CC(C(=O)Nc2ccc(Cl)cc2)C2C(=O)NC(Nc3cc(Cl)cc(Cl)c3)NC2N1. The highest BCUT2D eigenvalue weighted by atomic mass is 35.5. The lowest BCUT2D eigenvalue weighted by atomic mass is 9.81. The second kappa shape index (κ2) is 8.92. The number of piperidine rings is 1. The van der Waals surface area contributed by atoms with Gasteiger partial charge in [0.15, 0.2) is 6.29 Å². The molecule has 2 heterocycles. The molecule has 2 aliphatic rings. The van der Waals surface area contributed by atoms with Crippen molar-refractivity contribution < 1.29 is 14.4 Å². The van der Waals surface area contributed by atoms with Crippen molar-refractivity contribution in [3.05, 3.63) is 57.5 Å². The number of fused-ring (bicyclic) bond motifs is 1. The number of carbonyl (C=O) groups is 3. The molecule has 3 amide bonds. The quantitative estimate of drug-likeness (QED) is 0.460. The number of amides is 3. The third-order valence-electron chi connectivity index (χ3n) is 5.07. The van der Waals surface area contributed by atoms with Crippen LogP contribution in [0.2, 0.25) is 15.1 Å². The minimum atomic E-state index is -0.844. The average molecular weight is 483 g/mol. The van der Waals surface area contributed by atoms with Crippen molar-refractivity contribution in [2.24, 2.45) is 11.8 Å². The summed E-state index contributed by atoms with van der Waals surface area (Å²) in [5, 5.41) is 15.8. The van der Waals surface area contributed by atoms with Crippen LogP contribution in [-0.2, 0) is 14.4 Å². The minimum Gasteiger partial charge on any atom is -0.353 e. The van der Waals surface area contributed by atoms with Crippen LogP contribution in [0.1, 0.15) is 6.42 Å². The molecule has 4 unspecified atom stereocenters. The lowest BCUT2D eigenvalue weighted by Gasteiger charge is -2.43. The largest absolute Gasteiger partial charge is 0.353 e. The summed E-state index contributed by atoms with van der Waals surface area (Å²) in [7, 11) is 0. The average Bonchev–Trinajstić information content (AvgIpc) is 2.68. The van der Waals surface area contributed by atoms with E-state index in [1.807, 2.05) is 0 Å². The zero-order valence-electron chi connectivity index (χ0n) is 15.9. The van der Waals surface area contributed by atoms with E-state index >= 15 is 0 Å². The Kier molecular flexibility index (Phi) is 6.24. The van der Waals surface area contributed by atoms with E-state index in [1.54, 1.807) is 42.5 Å². The molecule has 4 rings (SSSR count). The predicted molar refractivity (Wildman–Crippen MR) is 119 cm³/mol. The molecule has 11 heteroatoms. The van der Waals surface area contributed by atoms with E-state index in [-0.39, 0.29) is 18.2 Å². The maximum absolute atomic E-state index is 12.9. The lowest BCUT2D eigenvalue weighted by Crippen LogP contribution is -2.72. The Morgan fingerprint density at radius 2 is 1.58 bits per heavy atom. The fourth-order valence-corrected chi connectivity index (χ4v) is 4.38. The molecular formula is C20H18Cl3N5O3.